The Morgan fingerprint density at radius 2 is 0.972 bits per heavy atom. The van der Waals surface area contributed by atoms with E-state index in [-0.39, 0.29) is 12.5 Å². The molecule has 2 fully saturated rings. The predicted molar refractivity (Wildman–Crippen MR) is 281 cm³/mol. The van der Waals surface area contributed by atoms with Crippen LogP contribution in [0.1, 0.15) is 213 Å². The zero-order valence-electron chi connectivity index (χ0n) is 44.2. The molecule has 2 aliphatic heterocycles. The Hall–Kier alpha value is -2.05. The highest BCUT2D eigenvalue weighted by atomic mass is 16.7. The summed E-state index contributed by atoms with van der Waals surface area (Å²) in [5.41, 5.74) is 0. The first-order chi connectivity index (χ1) is 34.6. The summed E-state index contributed by atoms with van der Waals surface area (Å²) in [5, 5.41) is 87.2. The molecule has 2 aliphatic rings. The molecule has 0 radical (unpaired) electrons. The number of rotatable bonds is 44. The second-order valence-electron chi connectivity index (χ2n) is 20.0. The van der Waals surface area contributed by atoms with Crippen LogP contribution in [0, 0.1) is 0 Å². The molecule has 0 saturated carbocycles. The number of aliphatic hydroxyl groups excluding tert-OH is 8. The van der Waals surface area contributed by atoms with E-state index in [0.29, 0.717) is 19.3 Å². The van der Waals surface area contributed by atoms with E-state index in [1.807, 2.05) is 0 Å². The van der Waals surface area contributed by atoms with Crippen molar-refractivity contribution in [1.29, 1.82) is 0 Å². The van der Waals surface area contributed by atoms with Gasteiger partial charge in [-0.2, -0.15) is 0 Å². The minimum absolute atomic E-state index is 0.216. The van der Waals surface area contributed by atoms with Gasteiger partial charge in [0.25, 0.3) is 0 Å². The quantitative estimate of drug-likeness (QED) is 0.0206. The van der Waals surface area contributed by atoms with Crippen LogP contribution in [0.2, 0.25) is 0 Å². The lowest BCUT2D eigenvalue weighted by molar-refractivity contribution is -0.359. The largest absolute Gasteiger partial charge is 0.394 e. The first kappa shape index (κ1) is 65.1. The van der Waals surface area contributed by atoms with E-state index in [4.69, 9.17) is 18.9 Å². The van der Waals surface area contributed by atoms with Crippen LogP contribution in [0.3, 0.4) is 0 Å². The third-order valence-electron chi connectivity index (χ3n) is 13.8. The fraction of sp³-hybridized carbons (Fsp3) is 0.842. The van der Waals surface area contributed by atoms with Gasteiger partial charge in [-0.1, -0.05) is 204 Å². The summed E-state index contributed by atoms with van der Waals surface area (Å²) in [6.45, 7) is 2.74. The summed E-state index contributed by atoms with van der Waals surface area (Å²) in [6, 6.07) is -0.834. The standard InChI is InChI=1S/C57H103NO13/c1-3-5-7-9-11-13-15-17-19-21-22-23-24-25-27-29-31-33-35-37-39-41-49(62)58-45(46(61)40-38-36-34-32-30-28-26-20-18-16-14-12-10-8-6-4-2)44-68-56-54(67)52(65)55(48(43-60)70-56)71-57-53(66)51(64)50(63)47(42-59)69-57/h5,7,11,13,17,19,22-23,45-48,50-57,59-61,63-67H,3-4,6,8-10,12,14-16,18,20-21,24-44H2,1-2H3,(H,58,62)/b7-5-,13-11-,19-17-,23-22-. The van der Waals surface area contributed by atoms with E-state index in [1.165, 1.54) is 103 Å². The second-order valence-corrected chi connectivity index (χ2v) is 20.0. The van der Waals surface area contributed by atoms with E-state index >= 15 is 0 Å². The van der Waals surface area contributed by atoms with Crippen LogP contribution in [-0.4, -0.2) is 140 Å². The maximum Gasteiger partial charge on any atom is 0.220 e. The molecule has 2 rings (SSSR count). The Morgan fingerprint density at radius 3 is 1.49 bits per heavy atom. The third-order valence-corrected chi connectivity index (χ3v) is 13.8. The molecule has 14 heteroatoms. The average Bonchev–Trinajstić information content (AvgIpc) is 3.37. The van der Waals surface area contributed by atoms with Crippen molar-refractivity contribution < 1.29 is 64.6 Å². The lowest BCUT2D eigenvalue weighted by Crippen LogP contribution is -2.65. The van der Waals surface area contributed by atoms with Gasteiger partial charge in [-0.3, -0.25) is 4.79 Å². The topological polar surface area (TPSA) is 228 Å². The van der Waals surface area contributed by atoms with Crippen LogP contribution >= 0.6 is 0 Å². The third kappa shape index (κ3) is 29.6. The normalized spacial score (nSPS) is 26.1. The molecule has 0 aromatic rings. The molecule has 414 valence electrons. The number of carbonyl (C=O) groups excluding carboxylic acids is 1. The molecule has 12 atom stereocenters. The monoisotopic (exact) mass is 1010 g/mol. The number of carbonyl (C=O) groups is 1. The zero-order valence-corrected chi connectivity index (χ0v) is 44.2. The molecule has 0 spiro atoms. The molecule has 2 heterocycles. The molecule has 0 aromatic carbocycles. The number of hydrogen-bond acceptors (Lipinski definition) is 13. The number of aliphatic hydroxyl groups is 8. The van der Waals surface area contributed by atoms with Crippen molar-refractivity contribution in [3.8, 4) is 0 Å². The highest BCUT2D eigenvalue weighted by Crippen LogP contribution is 2.30. The summed E-state index contributed by atoms with van der Waals surface area (Å²) in [4.78, 5) is 13.3. The van der Waals surface area contributed by atoms with Crippen LogP contribution in [0.15, 0.2) is 48.6 Å². The van der Waals surface area contributed by atoms with Gasteiger partial charge < -0.3 is 65.1 Å². The first-order valence-corrected chi connectivity index (χ1v) is 28.4. The summed E-state index contributed by atoms with van der Waals surface area (Å²) in [6.07, 6.45) is 35.3. The fourth-order valence-corrected chi connectivity index (χ4v) is 9.23. The second kappa shape index (κ2) is 43.2. The summed E-state index contributed by atoms with van der Waals surface area (Å²) < 4.78 is 22.8. The zero-order chi connectivity index (χ0) is 51.7. The molecule has 0 aromatic heterocycles. The molecule has 0 aliphatic carbocycles. The summed E-state index contributed by atoms with van der Waals surface area (Å²) >= 11 is 0. The lowest BCUT2D eigenvalue weighted by Gasteiger charge is -2.46. The maximum absolute atomic E-state index is 13.3. The molecular weight excluding hydrogens is 907 g/mol. The van der Waals surface area contributed by atoms with Crippen LogP contribution in [0.25, 0.3) is 0 Å². The van der Waals surface area contributed by atoms with Gasteiger partial charge in [-0.05, 0) is 51.4 Å². The number of nitrogens with one attached hydrogen (secondary N) is 1. The average molecular weight is 1010 g/mol. The van der Waals surface area contributed by atoms with Gasteiger partial charge in [0.1, 0.15) is 48.8 Å². The van der Waals surface area contributed by atoms with Crippen LogP contribution < -0.4 is 5.32 Å². The van der Waals surface area contributed by atoms with Gasteiger partial charge in [-0.25, -0.2) is 0 Å². The lowest BCUT2D eigenvalue weighted by atomic mass is 9.97. The Labute approximate surface area is 429 Å². The smallest absolute Gasteiger partial charge is 0.220 e. The maximum atomic E-state index is 13.3. The van der Waals surface area contributed by atoms with Gasteiger partial charge in [-0.15, -0.1) is 0 Å². The number of ether oxygens (including phenoxy) is 4. The van der Waals surface area contributed by atoms with Crippen LogP contribution in [-0.2, 0) is 23.7 Å². The molecule has 0 bridgehead atoms. The van der Waals surface area contributed by atoms with Crippen molar-refractivity contribution in [2.45, 2.75) is 286 Å². The van der Waals surface area contributed by atoms with Gasteiger partial charge in [0.15, 0.2) is 12.6 Å². The minimum Gasteiger partial charge on any atom is -0.394 e. The van der Waals surface area contributed by atoms with Crippen molar-refractivity contribution in [3.63, 3.8) is 0 Å². The van der Waals surface area contributed by atoms with E-state index < -0.39 is 86.8 Å². The van der Waals surface area contributed by atoms with Crippen molar-refractivity contribution in [1.82, 2.24) is 5.32 Å². The Balaban J connectivity index is 1.78. The van der Waals surface area contributed by atoms with Crippen molar-refractivity contribution in [2.75, 3.05) is 19.8 Å². The minimum atomic E-state index is -1.78. The van der Waals surface area contributed by atoms with E-state index in [2.05, 4.69) is 67.8 Å². The number of hydrogen-bond donors (Lipinski definition) is 9. The van der Waals surface area contributed by atoms with E-state index in [0.717, 1.165) is 77.0 Å². The molecule has 71 heavy (non-hydrogen) atoms. The van der Waals surface area contributed by atoms with Gasteiger partial charge >= 0.3 is 0 Å². The SMILES string of the molecule is CC/C=C\C/C=C\C/C=C\C/C=C\CCCCCCCCCCC(=O)NC(COC1OC(CO)C(OC2OC(CO)C(O)C(O)C2O)C(O)C1O)C(O)CCCCCCCCCCCCCCCCCC. The number of amides is 1. The molecule has 1 amide bonds. The highest BCUT2D eigenvalue weighted by Gasteiger charge is 2.51. The molecule has 12 unspecified atom stereocenters. The molecule has 9 N–H and O–H groups in total. The predicted octanol–water partition coefficient (Wildman–Crippen LogP) is 8.83. The Morgan fingerprint density at radius 1 is 0.521 bits per heavy atom. The first-order valence-electron chi connectivity index (χ1n) is 28.4. The summed E-state index contributed by atoms with van der Waals surface area (Å²) in [5.74, 6) is -0.216. The van der Waals surface area contributed by atoms with E-state index in [1.54, 1.807) is 0 Å². The van der Waals surface area contributed by atoms with Gasteiger partial charge in [0.2, 0.25) is 5.91 Å². The molecule has 14 nitrogen and oxygen atoms in total. The van der Waals surface area contributed by atoms with Crippen LogP contribution in [0.5, 0.6) is 0 Å². The van der Waals surface area contributed by atoms with Crippen molar-refractivity contribution in [3.05, 3.63) is 48.6 Å². The molecular formula is C57H103NO13. The molecule has 2 saturated heterocycles. The van der Waals surface area contributed by atoms with Crippen molar-refractivity contribution >= 4 is 5.91 Å². The highest BCUT2D eigenvalue weighted by molar-refractivity contribution is 5.76. The number of unbranched alkanes of at least 4 members (excludes halogenated alkanes) is 23. The fourth-order valence-electron chi connectivity index (χ4n) is 9.23. The Bertz CT molecular complexity index is 1380. The van der Waals surface area contributed by atoms with E-state index in [9.17, 15) is 45.6 Å². The summed E-state index contributed by atoms with van der Waals surface area (Å²) in [7, 11) is 0. The number of allylic oxidation sites excluding steroid dienone is 8. The van der Waals surface area contributed by atoms with Gasteiger partial charge in [0, 0.05) is 6.42 Å². The van der Waals surface area contributed by atoms with Crippen LogP contribution in [0.4, 0.5) is 0 Å². The Kier molecular flexibility index (Phi) is 39.6. The van der Waals surface area contributed by atoms with Gasteiger partial charge in [0.05, 0.1) is 32.0 Å². The van der Waals surface area contributed by atoms with Crippen molar-refractivity contribution in [2.24, 2.45) is 0 Å².